The van der Waals surface area contributed by atoms with Crippen LogP contribution in [0.2, 0.25) is 5.15 Å². The number of hydrogen-bond acceptors (Lipinski definition) is 4. The molecule has 1 saturated carbocycles. The van der Waals surface area contributed by atoms with Crippen LogP contribution in [0.3, 0.4) is 0 Å². The second-order valence-electron chi connectivity index (χ2n) is 5.44. The number of aliphatic hydroxyl groups excluding tert-OH is 1. The summed E-state index contributed by atoms with van der Waals surface area (Å²) in [7, 11) is 0. The summed E-state index contributed by atoms with van der Waals surface area (Å²) in [6, 6.07) is 5.26. The zero-order valence-electron chi connectivity index (χ0n) is 11.0. The van der Waals surface area contributed by atoms with Gasteiger partial charge in [0.2, 0.25) is 0 Å². The highest BCUT2D eigenvalue weighted by Gasteiger charge is 2.34. The Morgan fingerprint density at radius 3 is 3.05 bits per heavy atom. The van der Waals surface area contributed by atoms with Gasteiger partial charge in [0.25, 0.3) is 0 Å². The second-order valence-corrected chi connectivity index (χ2v) is 5.83. The molecule has 1 heterocycles. The van der Waals surface area contributed by atoms with Crippen molar-refractivity contribution in [3.05, 3.63) is 22.8 Å². The Balaban J connectivity index is 2.23. The molecular weight excluding hydrogens is 262 g/mol. The zero-order valence-corrected chi connectivity index (χ0v) is 11.7. The van der Waals surface area contributed by atoms with E-state index >= 15 is 0 Å². The Hall–Kier alpha value is -1.31. The highest BCUT2D eigenvalue weighted by atomic mass is 35.5. The lowest BCUT2D eigenvalue weighted by molar-refractivity contribution is 0.149. The summed E-state index contributed by atoms with van der Waals surface area (Å²) in [6.07, 6.45) is 4.08. The molecule has 0 amide bonds. The standard InChI is InChI=1S/C14H18ClN3O/c1-10-3-2-4-14(7-10,9-19)18-13-6-11(8-16)5-12(15)17-13/h5-6,10,19H,2-4,7,9H2,1H3,(H,17,18). The van der Waals surface area contributed by atoms with E-state index in [0.29, 0.717) is 22.5 Å². The maximum atomic E-state index is 9.73. The molecule has 1 aromatic heterocycles. The molecule has 2 atom stereocenters. The molecule has 0 bridgehead atoms. The first-order chi connectivity index (χ1) is 9.07. The van der Waals surface area contributed by atoms with Crippen molar-refractivity contribution in [1.82, 2.24) is 4.98 Å². The molecule has 102 valence electrons. The number of rotatable bonds is 3. The molecule has 2 N–H and O–H groups in total. The van der Waals surface area contributed by atoms with Crippen molar-refractivity contribution in [3.8, 4) is 6.07 Å². The Bertz CT molecular complexity index is 500. The minimum Gasteiger partial charge on any atom is -0.394 e. The fourth-order valence-electron chi connectivity index (χ4n) is 2.85. The zero-order chi connectivity index (χ0) is 13.9. The van der Waals surface area contributed by atoms with Crippen LogP contribution in [0, 0.1) is 17.2 Å². The molecule has 0 radical (unpaired) electrons. The molecule has 1 aliphatic carbocycles. The molecule has 2 rings (SSSR count). The van der Waals surface area contributed by atoms with E-state index in [1.807, 2.05) is 0 Å². The number of pyridine rings is 1. The molecule has 1 fully saturated rings. The summed E-state index contributed by atoms with van der Waals surface area (Å²) >= 11 is 5.90. The van der Waals surface area contributed by atoms with Crippen molar-refractivity contribution >= 4 is 17.4 Å². The third-order valence-electron chi connectivity index (χ3n) is 3.71. The van der Waals surface area contributed by atoms with Crippen molar-refractivity contribution in [2.24, 2.45) is 5.92 Å². The molecule has 0 saturated heterocycles. The van der Waals surface area contributed by atoms with Crippen LogP contribution in [0.25, 0.3) is 0 Å². The molecule has 0 aliphatic heterocycles. The minimum atomic E-state index is -0.345. The smallest absolute Gasteiger partial charge is 0.132 e. The number of nitrogens with zero attached hydrogens (tertiary/aromatic N) is 2. The Labute approximate surface area is 118 Å². The van der Waals surface area contributed by atoms with Gasteiger partial charge in [0.15, 0.2) is 0 Å². The van der Waals surface area contributed by atoms with Crippen LogP contribution in [0.4, 0.5) is 5.82 Å². The van der Waals surface area contributed by atoms with Gasteiger partial charge in [-0.3, -0.25) is 0 Å². The van der Waals surface area contributed by atoms with Crippen molar-refractivity contribution in [1.29, 1.82) is 5.26 Å². The van der Waals surface area contributed by atoms with Crippen LogP contribution < -0.4 is 5.32 Å². The predicted molar refractivity (Wildman–Crippen MR) is 75.0 cm³/mol. The number of halogens is 1. The lowest BCUT2D eigenvalue weighted by atomic mass is 9.77. The quantitative estimate of drug-likeness (QED) is 0.835. The number of aromatic nitrogens is 1. The number of nitriles is 1. The third-order valence-corrected chi connectivity index (χ3v) is 3.90. The fourth-order valence-corrected chi connectivity index (χ4v) is 3.06. The van der Waals surface area contributed by atoms with Crippen LogP contribution in [0.5, 0.6) is 0 Å². The van der Waals surface area contributed by atoms with E-state index in [1.165, 1.54) is 12.5 Å². The van der Waals surface area contributed by atoms with Gasteiger partial charge in [-0.05, 0) is 30.9 Å². The number of hydrogen-bond donors (Lipinski definition) is 2. The van der Waals surface area contributed by atoms with Gasteiger partial charge in [0.05, 0.1) is 23.8 Å². The van der Waals surface area contributed by atoms with Gasteiger partial charge in [-0.15, -0.1) is 0 Å². The normalized spacial score (nSPS) is 26.7. The number of aliphatic hydroxyl groups is 1. The Morgan fingerprint density at radius 2 is 2.42 bits per heavy atom. The first-order valence-corrected chi connectivity index (χ1v) is 6.91. The van der Waals surface area contributed by atoms with E-state index in [-0.39, 0.29) is 12.1 Å². The van der Waals surface area contributed by atoms with E-state index in [2.05, 4.69) is 23.3 Å². The van der Waals surface area contributed by atoms with Gasteiger partial charge < -0.3 is 10.4 Å². The van der Waals surface area contributed by atoms with Gasteiger partial charge >= 0.3 is 0 Å². The van der Waals surface area contributed by atoms with E-state index in [9.17, 15) is 5.11 Å². The van der Waals surface area contributed by atoms with Gasteiger partial charge in [0, 0.05) is 0 Å². The molecule has 1 aromatic rings. The first-order valence-electron chi connectivity index (χ1n) is 6.54. The van der Waals surface area contributed by atoms with E-state index in [4.69, 9.17) is 16.9 Å². The van der Waals surface area contributed by atoms with Gasteiger partial charge in [-0.1, -0.05) is 31.4 Å². The molecular formula is C14H18ClN3O. The topological polar surface area (TPSA) is 68.9 Å². The molecule has 19 heavy (non-hydrogen) atoms. The predicted octanol–water partition coefficient (Wildman–Crippen LogP) is 2.96. The average Bonchev–Trinajstić information content (AvgIpc) is 2.38. The molecule has 0 aromatic carbocycles. The van der Waals surface area contributed by atoms with Crippen LogP contribution >= 0.6 is 11.6 Å². The molecule has 5 heteroatoms. The average molecular weight is 280 g/mol. The van der Waals surface area contributed by atoms with E-state index in [1.54, 1.807) is 6.07 Å². The molecule has 4 nitrogen and oxygen atoms in total. The SMILES string of the molecule is CC1CCCC(CO)(Nc2cc(C#N)cc(Cl)n2)C1. The first kappa shape index (κ1) is 14.1. The highest BCUT2D eigenvalue weighted by Crippen LogP contribution is 2.34. The van der Waals surface area contributed by atoms with Crippen molar-refractivity contribution in [2.45, 2.75) is 38.1 Å². The molecule has 1 aliphatic rings. The van der Waals surface area contributed by atoms with Crippen LogP contribution in [-0.4, -0.2) is 22.2 Å². The second kappa shape index (κ2) is 5.77. The molecule has 2 unspecified atom stereocenters. The molecule has 0 spiro atoms. The Kier molecular flexibility index (Phi) is 4.28. The summed E-state index contributed by atoms with van der Waals surface area (Å²) < 4.78 is 0. The lowest BCUT2D eigenvalue weighted by Gasteiger charge is -2.39. The van der Waals surface area contributed by atoms with E-state index < -0.39 is 0 Å². The summed E-state index contributed by atoms with van der Waals surface area (Å²) in [4.78, 5) is 4.19. The summed E-state index contributed by atoms with van der Waals surface area (Å²) in [5.74, 6) is 1.13. The van der Waals surface area contributed by atoms with Gasteiger partial charge in [-0.2, -0.15) is 5.26 Å². The fraction of sp³-hybridized carbons (Fsp3) is 0.571. The summed E-state index contributed by atoms with van der Waals surface area (Å²) in [5.41, 5.74) is 0.127. The van der Waals surface area contributed by atoms with E-state index in [0.717, 1.165) is 19.3 Å². The van der Waals surface area contributed by atoms with Crippen molar-refractivity contribution in [2.75, 3.05) is 11.9 Å². The maximum Gasteiger partial charge on any atom is 0.132 e. The van der Waals surface area contributed by atoms with Crippen LogP contribution in [0.1, 0.15) is 38.2 Å². The maximum absolute atomic E-state index is 9.73. The third kappa shape index (κ3) is 3.37. The van der Waals surface area contributed by atoms with Crippen LogP contribution in [0.15, 0.2) is 12.1 Å². The number of nitrogens with one attached hydrogen (secondary N) is 1. The Morgan fingerprint density at radius 1 is 1.63 bits per heavy atom. The minimum absolute atomic E-state index is 0.0629. The monoisotopic (exact) mass is 279 g/mol. The lowest BCUT2D eigenvalue weighted by Crippen LogP contribution is -2.46. The highest BCUT2D eigenvalue weighted by molar-refractivity contribution is 6.29. The van der Waals surface area contributed by atoms with Crippen LogP contribution in [-0.2, 0) is 0 Å². The summed E-state index contributed by atoms with van der Waals surface area (Å²) in [6.45, 7) is 2.25. The number of anilines is 1. The largest absolute Gasteiger partial charge is 0.394 e. The summed E-state index contributed by atoms with van der Waals surface area (Å²) in [5, 5.41) is 22.3. The van der Waals surface area contributed by atoms with Gasteiger partial charge in [-0.25, -0.2) is 4.98 Å². The van der Waals surface area contributed by atoms with Crippen molar-refractivity contribution < 1.29 is 5.11 Å². The van der Waals surface area contributed by atoms with Crippen molar-refractivity contribution in [3.63, 3.8) is 0 Å². The van der Waals surface area contributed by atoms with Gasteiger partial charge in [0.1, 0.15) is 11.0 Å².